The van der Waals surface area contributed by atoms with E-state index in [1.807, 2.05) is 12.1 Å². The van der Waals surface area contributed by atoms with Gasteiger partial charge in [0.05, 0.1) is 18.7 Å². The Hall–Kier alpha value is -0.220. The predicted molar refractivity (Wildman–Crippen MR) is 76.3 cm³/mol. The largest absolute Gasteiger partial charge is 0.496 e. The summed E-state index contributed by atoms with van der Waals surface area (Å²) in [5.41, 5.74) is 1.17. The smallest absolute Gasteiger partial charge is 0.133 e. The summed E-state index contributed by atoms with van der Waals surface area (Å²) in [5.74, 6) is 2.62. The third kappa shape index (κ3) is 3.16. The van der Waals surface area contributed by atoms with Crippen molar-refractivity contribution in [2.24, 2.45) is 5.92 Å². The highest BCUT2D eigenvalue weighted by molar-refractivity contribution is 9.10. The Morgan fingerprint density at radius 3 is 2.41 bits per heavy atom. The molecule has 0 spiro atoms. The summed E-state index contributed by atoms with van der Waals surface area (Å²) in [5, 5.41) is 0. The van der Waals surface area contributed by atoms with E-state index in [1.54, 1.807) is 14.2 Å². The van der Waals surface area contributed by atoms with Crippen molar-refractivity contribution < 1.29 is 9.47 Å². The van der Waals surface area contributed by atoms with E-state index in [0.717, 1.165) is 21.9 Å². The van der Waals surface area contributed by atoms with Gasteiger partial charge in [0, 0.05) is 10.4 Å². The van der Waals surface area contributed by atoms with E-state index in [-0.39, 0.29) is 0 Å². The zero-order valence-electron chi connectivity index (χ0n) is 10.0. The van der Waals surface area contributed by atoms with Gasteiger partial charge in [-0.1, -0.05) is 28.8 Å². The Kier molecular flexibility index (Phi) is 4.36. The maximum absolute atomic E-state index is 5.43. The van der Waals surface area contributed by atoms with Gasteiger partial charge in [0.25, 0.3) is 0 Å². The van der Waals surface area contributed by atoms with Crippen LogP contribution in [0.5, 0.6) is 11.5 Å². The van der Waals surface area contributed by atoms with Gasteiger partial charge in [0.1, 0.15) is 11.5 Å². The summed E-state index contributed by atoms with van der Waals surface area (Å²) in [7, 11) is 3.38. The molecule has 1 atom stereocenters. The number of alkyl halides is 1. The lowest BCUT2D eigenvalue weighted by molar-refractivity contribution is 0.395. The average Bonchev–Trinajstić information content (AvgIpc) is 3.12. The third-order valence-corrected chi connectivity index (χ3v) is 4.57. The monoisotopic (exact) mass is 362 g/mol. The predicted octanol–water partition coefficient (Wildman–Crippen LogP) is 4.70. The molecule has 1 aliphatic rings. The van der Waals surface area contributed by atoms with Crippen LogP contribution in [0.2, 0.25) is 0 Å². The van der Waals surface area contributed by atoms with Crippen molar-refractivity contribution in [2.75, 3.05) is 14.2 Å². The number of ether oxygens (including phenoxy) is 2. The van der Waals surface area contributed by atoms with Gasteiger partial charge in [0.15, 0.2) is 0 Å². The molecule has 1 aliphatic carbocycles. The van der Waals surface area contributed by atoms with Crippen molar-refractivity contribution in [3.63, 3.8) is 0 Å². The lowest BCUT2D eigenvalue weighted by Crippen LogP contribution is -1.98. The highest BCUT2D eigenvalue weighted by atomic mass is 79.9. The lowest BCUT2D eigenvalue weighted by atomic mass is 10.1. The van der Waals surface area contributed by atoms with E-state index in [9.17, 15) is 0 Å². The summed E-state index contributed by atoms with van der Waals surface area (Å²) in [6.07, 6.45) is 3.89. The maximum Gasteiger partial charge on any atom is 0.133 e. The van der Waals surface area contributed by atoms with E-state index in [4.69, 9.17) is 9.47 Å². The molecule has 2 nitrogen and oxygen atoms in total. The van der Waals surface area contributed by atoms with Crippen LogP contribution in [0, 0.1) is 5.92 Å². The molecule has 0 saturated heterocycles. The van der Waals surface area contributed by atoms with Gasteiger partial charge in [-0.3, -0.25) is 0 Å². The third-order valence-electron chi connectivity index (χ3n) is 3.08. The second-order valence-electron chi connectivity index (χ2n) is 4.38. The molecule has 0 bridgehead atoms. The fraction of sp³-hybridized carbons (Fsp3) is 0.538. The highest BCUT2D eigenvalue weighted by Crippen LogP contribution is 2.45. The van der Waals surface area contributed by atoms with Crippen molar-refractivity contribution in [3.05, 3.63) is 22.2 Å². The molecule has 0 N–H and O–H groups in total. The molecule has 4 heteroatoms. The zero-order chi connectivity index (χ0) is 12.4. The molecule has 2 rings (SSSR count). The first kappa shape index (κ1) is 13.2. The second-order valence-corrected chi connectivity index (χ2v) is 6.33. The van der Waals surface area contributed by atoms with E-state index in [2.05, 4.69) is 31.9 Å². The molecule has 17 heavy (non-hydrogen) atoms. The standard InChI is InChI=1S/C13H16Br2O2/c1-16-12-7-11(15)13(17-2)6-9(12)10(14)5-8-3-4-8/h6-8,10H,3-5H2,1-2H3. The molecule has 1 saturated carbocycles. The van der Waals surface area contributed by atoms with Crippen molar-refractivity contribution in [1.29, 1.82) is 0 Å². The minimum absolute atomic E-state index is 0.340. The van der Waals surface area contributed by atoms with Crippen LogP contribution in [0.15, 0.2) is 16.6 Å². The summed E-state index contributed by atoms with van der Waals surface area (Å²) in [6, 6.07) is 4.01. The van der Waals surface area contributed by atoms with E-state index in [1.165, 1.54) is 24.8 Å². The topological polar surface area (TPSA) is 18.5 Å². The first-order chi connectivity index (χ1) is 8.15. The van der Waals surface area contributed by atoms with Crippen LogP contribution in [-0.2, 0) is 0 Å². The van der Waals surface area contributed by atoms with Crippen LogP contribution in [0.3, 0.4) is 0 Å². The molecular formula is C13H16Br2O2. The summed E-state index contributed by atoms with van der Waals surface area (Å²) >= 11 is 7.23. The van der Waals surface area contributed by atoms with Gasteiger partial charge in [-0.25, -0.2) is 0 Å². The van der Waals surface area contributed by atoms with Crippen molar-refractivity contribution in [1.82, 2.24) is 0 Å². The molecule has 0 amide bonds. The molecule has 0 aromatic heterocycles. The van der Waals surface area contributed by atoms with Gasteiger partial charge >= 0.3 is 0 Å². The summed E-state index contributed by atoms with van der Waals surface area (Å²) < 4.78 is 11.7. The Morgan fingerprint density at radius 1 is 1.24 bits per heavy atom. The van der Waals surface area contributed by atoms with Crippen LogP contribution in [0.25, 0.3) is 0 Å². The Morgan fingerprint density at radius 2 is 1.88 bits per heavy atom. The Labute approximate surface area is 119 Å². The number of rotatable bonds is 5. The van der Waals surface area contributed by atoms with Crippen molar-refractivity contribution in [3.8, 4) is 11.5 Å². The fourth-order valence-electron chi connectivity index (χ4n) is 1.90. The first-order valence-corrected chi connectivity index (χ1v) is 7.42. The number of benzene rings is 1. The molecule has 1 aromatic rings. The zero-order valence-corrected chi connectivity index (χ0v) is 13.2. The number of methoxy groups -OCH3 is 2. The average molecular weight is 364 g/mol. The van der Waals surface area contributed by atoms with Crippen LogP contribution < -0.4 is 9.47 Å². The van der Waals surface area contributed by atoms with E-state index >= 15 is 0 Å². The Bertz CT molecular complexity index is 403. The second kappa shape index (κ2) is 5.61. The van der Waals surface area contributed by atoms with Crippen LogP contribution in [0.4, 0.5) is 0 Å². The minimum Gasteiger partial charge on any atom is -0.496 e. The molecule has 1 fully saturated rings. The molecule has 94 valence electrons. The normalized spacial score (nSPS) is 16.7. The van der Waals surface area contributed by atoms with Gasteiger partial charge < -0.3 is 9.47 Å². The van der Waals surface area contributed by atoms with E-state index in [0.29, 0.717) is 4.83 Å². The molecule has 0 radical (unpaired) electrons. The van der Waals surface area contributed by atoms with Crippen LogP contribution in [-0.4, -0.2) is 14.2 Å². The minimum atomic E-state index is 0.340. The molecule has 1 aromatic carbocycles. The van der Waals surface area contributed by atoms with Gasteiger partial charge in [-0.15, -0.1) is 0 Å². The molecule has 0 aliphatic heterocycles. The van der Waals surface area contributed by atoms with E-state index < -0.39 is 0 Å². The molecule has 1 unspecified atom stereocenters. The van der Waals surface area contributed by atoms with Gasteiger partial charge in [0.2, 0.25) is 0 Å². The van der Waals surface area contributed by atoms with Crippen molar-refractivity contribution >= 4 is 31.9 Å². The van der Waals surface area contributed by atoms with Crippen LogP contribution in [0.1, 0.15) is 29.7 Å². The van der Waals surface area contributed by atoms with Gasteiger partial charge in [-0.05, 0) is 40.4 Å². The van der Waals surface area contributed by atoms with Gasteiger partial charge in [-0.2, -0.15) is 0 Å². The fourth-order valence-corrected chi connectivity index (χ4v) is 3.27. The number of halogens is 2. The lowest BCUT2D eigenvalue weighted by Gasteiger charge is -2.16. The summed E-state index contributed by atoms with van der Waals surface area (Å²) in [6.45, 7) is 0. The van der Waals surface area contributed by atoms with Crippen molar-refractivity contribution in [2.45, 2.75) is 24.1 Å². The molecular weight excluding hydrogens is 348 g/mol. The number of hydrogen-bond donors (Lipinski definition) is 0. The summed E-state index contributed by atoms with van der Waals surface area (Å²) in [4.78, 5) is 0.340. The Balaban J connectivity index is 2.28. The molecule has 0 heterocycles. The first-order valence-electron chi connectivity index (χ1n) is 5.71. The van der Waals surface area contributed by atoms with Crippen LogP contribution >= 0.6 is 31.9 Å². The SMILES string of the molecule is COc1cc(C(Br)CC2CC2)c(OC)cc1Br. The highest BCUT2D eigenvalue weighted by Gasteiger charge is 2.27. The quantitative estimate of drug-likeness (QED) is 0.705. The maximum atomic E-state index is 5.43. The number of hydrogen-bond acceptors (Lipinski definition) is 2.